The quantitative estimate of drug-likeness (QED) is 0.813. The van der Waals surface area contributed by atoms with Gasteiger partial charge in [0.15, 0.2) is 5.92 Å². The number of rotatable bonds is 4. The van der Waals surface area contributed by atoms with Crippen molar-refractivity contribution in [2.45, 2.75) is 13.8 Å². The highest BCUT2D eigenvalue weighted by Gasteiger charge is 2.43. The first-order valence-electron chi connectivity index (χ1n) is 8.36. The van der Waals surface area contributed by atoms with E-state index in [4.69, 9.17) is 0 Å². The topological polar surface area (TPSA) is 78.5 Å². The molecule has 1 heterocycles. The summed E-state index contributed by atoms with van der Waals surface area (Å²) in [4.78, 5) is 38.7. The summed E-state index contributed by atoms with van der Waals surface area (Å²) in [6.45, 7) is 3.38. The Balaban J connectivity index is 1.97. The number of anilines is 2. The van der Waals surface area contributed by atoms with E-state index in [2.05, 4.69) is 10.6 Å². The number of aryl methyl sites for hydroxylation is 1. The summed E-state index contributed by atoms with van der Waals surface area (Å²) >= 11 is 0. The first-order valence-corrected chi connectivity index (χ1v) is 8.36. The van der Waals surface area contributed by atoms with E-state index in [1.54, 1.807) is 44.2 Å². The molecule has 0 aliphatic carbocycles. The summed E-state index contributed by atoms with van der Waals surface area (Å²) in [6.07, 6.45) is 1.51. The number of carbonyl (C=O) groups excluding carboxylic acids is 3. The number of carbonyl (C=O) groups is 3. The summed E-state index contributed by atoms with van der Waals surface area (Å²) in [6, 6.07) is 12.0. The van der Waals surface area contributed by atoms with Crippen LogP contribution in [0.4, 0.5) is 20.6 Å². The smallest absolute Gasteiger partial charge is 0.335 e. The van der Waals surface area contributed by atoms with Crippen molar-refractivity contribution in [3.63, 3.8) is 0 Å². The van der Waals surface area contributed by atoms with Gasteiger partial charge in [0.2, 0.25) is 5.91 Å². The number of urea groups is 1. The second kappa shape index (κ2) is 7.41. The molecular weight excluding hydrogens is 349 g/mol. The average Bonchev–Trinajstić information content (AvgIpc) is 2.63. The molecule has 0 bridgehead atoms. The fourth-order valence-electron chi connectivity index (χ4n) is 2.92. The lowest BCUT2D eigenvalue weighted by atomic mass is 9.98. The predicted octanol–water partition coefficient (Wildman–Crippen LogP) is 3.35. The zero-order valence-electron chi connectivity index (χ0n) is 14.8. The van der Waals surface area contributed by atoms with Crippen molar-refractivity contribution in [2.24, 2.45) is 5.92 Å². The molecule has 1 atom stereocenters. The van der Waals surface area contributed by atoms with Crippen LogP contribution in [0.1, 0.15) is 12.5 Å². The summed E-state index contributed by atoms with van der Waals surface area (Å²) < 4.78 is 14.0. The fraction of sp³-hybridized carbons (Fsp3) is 0.150. The molecule has 27 heavy (non-hydrogen) atoms. The summed E-state index contributed by atoms with van der Waals surface area (Å²) in [5.74, 6) is -3.28. The molecular formula is C20H18FN3O3. The summed E-state index contributed by atoms with van der Waals surface area (Å²) in [5, 5.41) is 5.00. The van der Waals surface area contributed by atoms with Gasteiger partial charge in [-0.1, -0.05) is 36.4 Å². The molecule has 0 aromatic heterocycles. The lowest BCUT2D eigenvalue weighted by molar-refractivity contribution is -0.132. The number of amides is 4. The van der Waals surface area contributed by atoms with E-state index < -0.39 is 29.6 Å². The van der Waals surface area contributed by atoms with Crippen LogP contribution in [0.3, 0.4) is 0 Å². The van der Waals surface area contributed by atoms with Crippen molar-refractivity contribution >= 4 is 29.2 Å². The standard InChI is InChI=1S/C20H18FN3O3/c1-3-14(22-15-10-6-5-9-13(15)21)17-18(25)23-20(27)24(19(17)26)16-11-7-4-8-12(16)2/h3-11,17,22H,1-2H3,(H,23,25,27)/b14-3+/t17-/m0/s1. The first-order chi connectivity index (χ1) is 12.9. The fourth-order valence-corrected chi connectivity index (χ4v) is 2.92. The van der Waals surface area contributed by atoms with Crippen LogP contribution in [0.15, 0.2) is 60.3 Å². The monoisotopic (exact) mass is 367 g/mol. The molecule has 1 aliphatic rings. The van der Waals surface area contributed by atoms with Gasteiger partial charge in [0.05, 0.1) is 11.4 Å². The third-order valence-electron chi connectivity index (χ3n) is 4.29. The van der Waals surface area contributed by atoms with E-state index in [1.807, 2.05) is 0 Å². The van der Waals surface area contributed by atoms with Gasteiger partial charge in [0.25, 0.3) is 5.91 Å². The van der Waals surface area contributed by atoms with Gasteiger partial charge in [-0.3, -0.25) is 14.9 Å². The van der Waals surface area contributed by atoms with Crippen LogP contribution in [-0.2, 0) is 9.59 Å². The van der Waals surface area contributed by atoms with E-state index in [0.29, 0.717) is 11.3 Å². The maximum Gasteiger partial charge on any atom is 0.335 e. The van der Waals surface area contributed by atoms with Crippen LogP contribution in [-0.4, -0.2) is 17.8 Å². The molecule has 7 heteroatoms. The Morgan fingerprint density at radius 2 is 1.78 bits per heavy atom. The van der Waals surface area contributed by atoms with E-state index in [0.717, 1.165) is 4.90 Å². The Kier molecular flexibility index (Phi) is 5.03. The Labute approximate surface area is 155 Å². The molecule has 1 fully saturated rings. The van der Waals surface area contributed by atoms with E-state index in [-0.39, 0.29) is 11.4 Å². The Morgan fingerprint density at radius 1 is 1.11 bits per heavy atom. The third-order valence-corrected chi connectivity index (χ3v) is 4.29. The molecule has 3 rings (SSSR count). The number of halogens is 1. The molecule has 0 radical (unpaired) electrons. The van der Waals surface area contributed by atoms with E-state index in [9.17, 15) is 18.8 Å². The highest BCUT2D eigenvalue weighted by atomic mass is 19.1. The molecule has 0 spiro atoms. The van der Waals surface area contributed by atoms with Gasteiger partial charge in [-0.25, -0.2) is 14.1 Å². The number of hydrogen-bond acceptors (Lipinski definition) is 4. The highest BCUT2D eigenvalue weighted by molar-refractivity contribution is 6.29. The molecule has 4 amide bonds. The number of allylic oxidation sites excluding steroid dienone is 1. The highest BCUT2D eigenvalue weighted by Crippen LogP contribution is 2.28. The van der Waals surface area contributed by atoms with Crippen LogP contribution in [0.2, 0.25) is 0 Å². The molecule has 138 valence electrons. The summed E-state index contributed by atoms with van der Waals surface area (Å²) in [7, 11) is 0. The summed E-state index contributed by atoms with van der Waals surface area (Å²) in [5.41, 5.74) is 1.41. The van der Waals surface area contributed by atoms with Crippen molar-refractivity contribution in [3.05, 3.63) is 71.7 Å². The van der Waals surface area contributed by atoms with Crippen molar-refractivity contribution in [1.29, 1.82) is 0 Å². The van der Waals surface area contributed by atoms with Crippen molar-refractivity contribution in [1.82, 2.24) is 5.32 Å². The van der Waals surface area contributed by atoms with Gasteiger partial charge in [0.1, 0.15) is 5.82 Å². The number of nitrogens with one attached hydrogen (secondary N) is 2. The molecule has 0 saturated carbocycles. The maximum atomic E-state index is 14.0. The SMILES string of the molecule is C/C=C(/Nc1ccccc1F)[C@H]1C(=O)NC(=O)N(c2ccccc2C)C1=O. The number of nitrogens with zero attached hydrogens (tertiary/aromatic N) is 1. The van der Waals surface area contributed by atoms with E-state index in [1.165, 1.54) is 24.3 Å². The van der Waals surface area contributed by atoms with Crippen LogP contribution in [0.25, 0.3) is 0 Å². The number of barbiturate groups is 1. The Bertz CT molecular complexity index is 955. The van der Waals surface area contributed by atoms with Gasteiger partial charge >= 0.3 is 6.03 Å². The van der Waals surface area contributed by atoms with Crippen molar-refractivity contribution in [3.8, 4) is 0 Å². The Hall–Kier alpha value is -3.48. The lowest BCUT2D eigenvalue weighted by Gasteiger charge is -2.32. The van der Waals surface area contributed by atoms with Crippen LogP contribution in [0.5, 0.6) is 0 Å². The molecule has 2 aromatic rings. The Morgan fingerprint density at radius 3 is 2.44 bits per heavy atom. The van der Waals surface area contributed by atoms with E-state index >= 15 is 0 Å². The first kappa shape index (κ1) is 18.3. The minimum atomic E-state index is -1.30. The third kappa shape index (κ3) is 3.44. The minimum absolute atomic E-state index is 0.130. The average molecular weight is 367 g/mol. The number of imide groups is 2. The van der Waals surface area contributed by atoms with Gasteiger partial charge < -0.3 is 5.32 Å². The molecule has 2 N–H and O–H groups in total. The van der Waals surface area contributed by atoms with Crippen LogP contribution < -0.4 is 15.5 Å². The second-order valence-electron chi connectivity index (χ2n) is 6.04. The number of para-hydroxylation sites is 2. The molecule has 1 saturated heterocycles. The maximum absolute atomic E-state index is 14.0. The molecule has 1 aliphatic heterocycles. The lowest BCUT2D eigenvalue weighted by Crippen LogP contribution is -2.59. The minimum Gasteiger partial charge on any atom is -0.356 e. The molecule has 0 unspecified atom stereocenters. The zero-order valence-corrected chi connectivity index (χ0v) is 14.8. The van der Waals surface area contributed by atoms with Crippen LogP contribution in [0, 0.1) is 18.7 Å². The molecule has 6 nitrogen and oxygen atoms in total. The van der Waals surface area contributed by atoms with Gasteiger partial charge in [-0.2, -0.15) is 0 Å². The number of benzene rings is 2. The second-order valence-corrected chi connectivity index (χ2v) is 6.04. The van der Waals surface area contributed by atoms with Gasteiger partial charge in [0, 0.05) is 5.70 Å². The largest absolute Gasteiger partial charge is 0.356 e. The number of hydrogen-bond donors (Lipinski definition) is 2. The normalized spacial score (nSPS) is 17.7. The predicted molar refractivity (Wildman–Crippen MR) is 99.5 cm³/mol. The molecule has 2 aromatic carbocycles. The van der Waals surface area contributed by atoms with Crippen molar-refractivity contribution < 1.29 is 18.8 Å². The zero-order chi connectivity index (χ0) is 19.6. The van der Waals surface area contributed by atoms with Crippen molar-refractivity contribution in [2.75, 3.05) is 10.2 Å². The van der Waals surface area contributed by atoms with Gasteiger partial charge in [-0.05, 0) is 37.6 Å². The van der Waals surface area contributed by atoms with Crippen LogP contribution >= 0.6 is 0 Å². The van der Waals surface area contributed by atoms with Gasteiger partial charge in [-0.15, -0.1) is 0 Å².